The van der Waals surface area contributed by atoms with Crippen molar-refractivity contribution in [3.05, 3.63) is 123 Å². The average molecular weight is 645 g/mol. The van der Waals surface area contributed by atoms with E-state index in [1.165, 1.54) is 24.3 Å². The Morgan fingerprint density at radius 2 is 1.57 bits per heavy atom. The van der Waals surface area contributed by atoms with Gasteiger partial charge in [-0.05, 0) is 82.6 Å². The fraction of sp³-hybridized carbons (Fsp3) is 0.0968. The first-order valence-electron chi connectivity index (χ1n) is 12.4. The Kier molecular flexibility index (Phi) is 8.20. The molecule has 4 aromatic carbocycles. The molecule has 0 bridgehead atoms. The van der Waals surface area contributed by atoms with Crippen LogP contribution in [0.4, 0.5) is 5.69 Å². The highest BCUT2D eigenvalue weighted by Crippen LogP contribution is 2.36. The summed E-state index contributed by atoms with van der Waals surface area (Å²) < 4.78 is 6.94. The Morgan fingerprint density at radius 3 is 2.25 bits per heavy atom. The van der Waals surface area contributed by atoms with Gasteiger partial charge in [0.1, 0.15) is 5.75 Å². The summed E-state index contributed by atoms with van der Waals surface area (Å²) in [6.45, 7) is 0. The van der Waals surface area contributed by atoms with Crippen LogP contribution < -0.4 is 4.74 Å². The number of carbonyl (C=O) groups is 2. The average Bonchev–Trinajstić information content (AvgIpc) is 3.28. The molecule has 0 fully saturated rings. The number of fused-ring (bicyclic) bond motifs is 1. The minimum absolute atomic E-state index is 0.177. The molecule has 0 spiro atoms. The predicted molar refractivity (Wildman–Crippen MR) is 159 cm³/mol. The molecule has 1 aromatic heterocycles. The van der Waals surface area contributed by atoms with E-state index in [1.807, 2.05) is 78.9 Å². The fourth-order valence-corrected chi connectivity index (χ4v) is 4.98. The van der Waals surface area contributed by atoms with Gasteiger partial charge in [-0.3, -0.25) is 4.79 Å². The van der Waals surface area contributed by atoms with E-state index < -0.39 is 23.9 Å². The molecule has 5 rings (SSSR count). The van der Waals surface area contributed by atoms with E-state index in [1.54, 1.807) is 0 Å². The summed E-state index contributed by atoms with van der Waals surface area (Å²) in [5.74, 6) is -2.04. The number of halogens is 1. The summed E-state index contributed by atoms with van der Waals surface area (Å²) >= 11 is 2.15. The summed E-state index contributed by atoms with van der Waals surface area (Å²) in [6, 6.07) is 30.7. The lowest BCUT2D eigenvalue weighted by atomic mass is 9.87. The van der Waals surface area contributed by atoms with Crippen molar-refractivity contribution in [1.82, 2.24) is 4.98 Å². The highest BCUT2D eigenvalue weighted by molar-refractivity contribution is 14.1. The summed E-state index contributed by atoms with van der Waals surface area (Å²) in [6.07, 6.45) is -0.699. The van der Waals surface area contributed by atoms with Crippen LogP contribution in [0.3, 0.4) is 0 Å². The van der Waals surface area contributed by atoms with Crippen molar-refractivity contribution in [3.63, 3.8) is 0 Å². The third kappa shape index (κ3) is 6.20. The molecule has 1 unspecified atom stereocenters. The third-order valence-electron chi connectivity index (χ3n) is 6.45. The van der Waals surface area contributed by atoms with Gasteiger partial charge in [0.2, 0.25) is 12.0 Å². The number of H-pyrrole nitrogens is 1. The van der Waals surface area contributed by atoms with Gasteiger partial charge in [0, 0.05) is 20.4 Å². The van der Waals surface area contributed by atoms with Gasteiger partial charge in [-0.2, -0.15) is 0 Å². The maximum Gasteiger partial charge on any atom is 0.345 e. The first kappa shape index (κ1) is 27.1. The Balaban J connectivity index is 1.35. The van der Waals surface area contributed by atoms with Gasteiger partial charge in [0.15, 0.2) is 5.69 Å². The number of aromatic nitrogens is 1. The van der Waals surface area contributed by atoms with Crippen LogP contribution in [0.2, 0.25) is 0 Å². The van der Waals surface area contributed by atoms with E-state index in [0.29, 0.717) is 23.1 Å². The topological polar surface area (TPSA) is 124 Å². The van der Waals surface area contributed by atoms with Crippen molar-refractivity contribution in [3.8, 4) is 11.6 Å². The maximum atomic E-state index is 12.7. The summed E-state index contributed by atoms with van der Waals surface area (Å²) in [5, 5.41) is 28.7. The molecular formula is C31H24IN3O5. The van der Waals surface area contributed by atoms with Crippen LogP contribution in [0.1, 0.15) is 27.4 Å². The number of carboxylic acids is 1. The number of nitrogens with zero attached hydrogens (tertiary/aromatic N) is 2. The zero-order valence-corrected chi connectivity index (χ0v) is 23.2. The molecule has 40 heavy (non-hydrogen) atoms. The van der Waals surface area contributed by atoms with Gasteiger partial charge < -0.3 is 19.9 Å². The number of aromatic amines is 1. The molecule has 0 saturated heterocycles. The van der Waals surface area contributed by atoms with Crippen molar-refractivity contribution in [2.24, 2.45) is 10.2 Å². The third-order valence-corrected chi connectivity index (χ3v) is 7.13. The lowest BCUT2D eigenvalue weighted by molar-refractivity contribution is -0.146. The fourth-order valence-electron chi connectivity index (χ4n) is 4.49. The van der Waals surface area contributed by atoms with Crippen LogP contribution in [-0.2, 0) is 11.2 Å². The number of hydrogen-bond donors (Lipinski definition) is 3. The van der Waals surface area contributed by atoms with E-state index in [9.17, 15) is 19.8 Å². The van der Waals surface area contributed by atoms with E-state index in [2.05, 4.69) is 37.8 Å². The minimum Gasteiger partial charge on any atom is -0.493 e. The molecule has 8 nitrogen and oxygen atoms in total. The Bertz CT molecular complexity index is 1670. The van der Waals surface area contributed by atoms with Crippen LogP contribution >= 0.6 is 22.6 Å². The van der Waals surface area contributed by atoms with Crippen molar-refractivity contribution >= 4 is 51.1 Å². The molecule has 9 heteroatoms. The smallest absolute Gasteiger partial charge is 0.345 e. The number of ether oxygens (including phenoxy) is 1. The van der Waals surface area contributed by atoms with E-state index in [-0.39, 0.29) is 17.1 Å². The molecule has 200 valence electrons. The molecule has 0 aliphatic carbocycles. The number of aromatic hydroxyl groups is 1. The summed E-state index contributed by atoms with van der Waals surface area (Å²) in [5.41, 5.74) is 2.93. The molecule has 1 heterocycles. The number of hydrogen-bond acceptors (Lipinski definition) is 5. The van der Waals surface area contributed by atoms with E-state index >= 15 is 0 Å². The van der Waals surface area contributed by atoms with Crippen molar-refractivity contribution in [1.29, 1.82) is 0 Å². The van der Waals surface area contributed by atoms with Crippen LogP contribution in [0, 0.1) is 3.57 Å². The predicted octanol–water partition coefficient (Wildman–Crippen LogP) is 7.26. The van der Waals surface area contributed by atoms with Gasteiger partial charge in [-0.15, -0.1) is 10.2 Å². The molecule has 2 atom stereocenters. The molecule has 1 amide bonds. The highest BCUT2D eigenvalue weighted by atomic mass is 127. The Morgan fingerprint density at radius 1 is 0.900 bits per heavy atom. The van der Waals surface area contributed by atoms with E-state index in [0.717, 1.165) is 14.7 Å². The lowest BCUT2D eigenvalue weighted by Gasteiger charge is -2.25. The molecule has 3 N–H and O–H groups in total. The van der Waals surface area contributed by atoms with Gasteiger partial charge in [0.05, 0.1) is 5.52 Å². The quantitative estimate of drug-likeness (QED) is 0.115. The normalized spacial score (nSPS) is 12.8. The molecule has 5 aromatic rings. The Hall–Kier alpha value is -4.51. The number of azo groups is 1. The number of nitrogens with one attached hydrogen (secondary N) is 1. The molecule has 0 aliphatic rings. The number of aliphatic carboxylic acids is 1. The second-order valence-corrected chi connectivity index (χ2v) is 10.4. The number of carboxylic acid groups (broad SMARTS) is 1. The van der Waals surface area contributed by atoms with Gasteiger partial charge >= 0.3 is 5.97 Å². The zero-order valence-electron chi connectivity index (χ0n) is 21.1. The van der Waals surface area contributed by atoms with Gasteiger partial charge in [-0.1, -0.05) is 60.7 Å². The lowest BCUT2D eigenvalue weighted by Crippen LogP contribution is -2.35. The van der Waals surface area contributed by atoms with Gasteiger partial charge in [-0.25, -0.2) is 4.79 Å². The summed E-state index contributed by atoms with van der Waals surface area (Å²) in [4.78, 5) is 27.9. The Labute approximate surface area is 243 Å². The number of amides is 1. The van der Waals surface area contributed by atoms with Crippen LogP contribution in [0.15, 0.2) is 113 Å². The standard InChI is InChI=1S/C31H24IN3O5/c32-22-13-16-26-25(18-22)27(30(37)33-26)34-35-29(36)21-11-14-23(15-12-21)40-28(31(38)39)24(20-9-5-2-6-10-20)17-19-7-3-1-4-8-19/h1-16,18,24,28,33,37H,17H2,(H,38,39)/t24?,28-/m0/s1. The van der Waals surface area contributed by atoms with Gasteiger partial charge in [0.25, 0.3) is 5.91 Å². The monoisotopic (exact) mass is 645 g/mol. The number of carbonyl (C=O) groups excluding carboxylic acids is 1. The first-order chi connectivity index (χ1) is 19.4. The van der Waals surface area contributed by atoms with E-state index in [4.69, 9.17) is 4.74 Å². The minimum atomic E-state index is -1.17. The second kappa shape index (κ2) is 12.1. The molecule has 0 radical (unpaired) electrons. The van der Waals surface area contributed by atoms with Crippen LogP contribution in [-0.4, -0.2) is 33.2 Å². The largest absolute Gasteiger partial charge is 0.493 e. The van der Waals surface area contributed by atoms with Crippen molar-refractivity contribution in [2.45, 2.75) is 18.4 Å². The zero-order chi connectivity index (χ0) is 28.1. The first-order valence-corrected chi connectivity index (χ1v) is 13.5. The van der Waals surface area contributed by atoms with Crippen LogP contribution in [0.25, 0.3) is 10.9 Å². The number of rotatable bonds is 9. The maximum absolute atomic E-state index is 12.7. The molecule has 0 saturated carbocycles. The van der Waals surface area contributed by atoms with Crippen molar-refractivity contribution in [2.75, 3.05) is 0 Å². The second-order valence-electron chi connectivity index (χ2n) is 9.13. The summed E-state index contributed by atoms with van der Waals surface area (Å²) in [7, 11) is 0. The SMILES string of the molecule is O=C(N=Nc1c(O)[nH]c2ccc(I)cc12)c1ccc(O[C@H](C(=O)O)C(Cc2ccccc2)c2ccccc2)cc1. The van der Waals surface area contributed by atoms with Crippen LogP contribution in [0.5, 0.6) is 11.6 Å². The number of benzene rings is 4. The molecular weight excluding hydrogens is 621 g/mol. The molecule has 0 aliphatic heterocycles. The highest BCUT2D eigenvalue weighted by Gasteiger charge is 2.32. The van der Waals surface area contributed by atoms with Crippen molar-refractivity contribution < 1.29 is 24.5 Å².